The number of ether oxygens (including phenoxy) is 2. The van der Waals surface area contributed by atoms with E-state index in [4.69, 9.17) is 4.74 Å². The lowest BCUT2D eigenvalue weighted by Crippen LogP contribution is -2.34. The highest BCUT2D eigenvalue weighted by Crippen LogP contribution is 2.37. The summed E-state index contributed by atoms with van der Waals surface area (Å²) in [5.74, 6) is -0.493. The van der Waals surface area contributed by atoms with E-state index in [2.05, 4.69) is 10.1 Å². The van der Waals surface area contributed by atoms with Crippen molar-refractivity contribution in [3.05, 3.63) is 23.8 Å². The first-order chi connectivity index (χ1) is 9.79. The summed E-state index contributed by atoms with van der Waals surface area (Å²) in [6, 6.07) is 1.28. The monoisotopic (exact) mass is 313 g/mol. The predicted octanol–water partition coefficient (Wildman–Crippen LogP) is 3.90. The molecular formula is C13H16F5NO2. The van der Waals surface area contributed by atoms with Gasteiger partial charge in [-0.25, -0.2) is 0 Å². The van der Waals surface area contributed by atoms with Crippen molar-refractivity contribution in [1.82, 2.24) is 5.32 Å². The summed E-state index contributed by atoms with van der Waals surface area (Å²) in [7, 11) is 1.21. The molecule has 1 aromatic rings. The average Bonchev–Trinajstić information content (AvgIpc) is 2.37. The molecule has 21 heavy (non-hydrogen) atoms. The largest absolute Gasteiger partial charge is 0.493 e. The van der Waals surface area contributed by atoms with E-state index in [1.807, 2.05) is 0 Å². The first-order valence-corrected chi connectivity index (χ1v) is 6.22. The van der Waals surface area contributed by atoms with Crippen LogP contribution in [0.4, 0.5) is 22.0 Å². The molecule has 1 aromatic carbocycles. The summed E-state index contributed by atoms with van der Waals surface area (Å²) >= 11 is 0. The van der Waals surface area contributed by atoms with E-state index in [1.165, 1.54) is 13.2 Å². The van der Waals surface area contributed by atoms with Crippen LogP contribution < -0.4 is 14.8 Å². The second kappa shape index (κ2) is 7.44. The molecule has 0 amide bonds. The van der Waals surface area contributed by atoms with Crippen LogP contribution in [0.15, 0.2) is 18.2 Å². The van der Waals surface area contributed by atoms with E-state index in [0.29, 0.717) is 6.42 Å². The Morgan fingerprint density at radius 3 is 2.33 bits per heavy atom. The second-order valence-corrected chi connectivity index (χ2v) is 4.22. The Labute approximate surface area is 119 Å². The van der Waals surface area contributed by atoms with E-state index in [0.717, 1.165) is 12.1 Å². The highest BCUT2D eigenvalue weighted by atomic mass is 19.4. The third-order valence-electron chi connectivity index (χ3n) is 2.66. The van der Waals surface area contributed by atoms with Crippen molar-refractivity contribution < 1.29 is 31.4 Å². The van der Waals surface area contributed by atoms with E-state index in [1.54, 1.807) is 6.92 Å². The Bertz CT molecular complexity index is 451. The average molecular weight is 313 g/mol. The van der Waals surface area contributed by atoms with Crippen LogP contribution in [0.1, 0.15) is 24.9 Å². The third kappa shape index (κ3) is 5.04. The molecule has 0 radical (unpaired) electrons. The van der Waals surface area contributed by atoms with Crippen molar-refractivity contribution in [2.45, 2.75) is 32.2 Å². The summed E-state index contributed by atoms with van der Waals surface area (Å²) in [4.78, 5) is 0. The zero-order valence-electron chi connectivity index (χ0n) is 11.5. The normalized spacial score (nSPS) is 13.3. The van der Waals surface area contributed by atoms with Gasteiger partial charge in [-0.2, -0.15) is 22.0 Å². The Morgan fingerprint density at radius 2 is 1.86 bits per heavy atom. The molecule has 0 bridgehead atoms. The van der Waals surface area contributed by atoms with Crippen LogP contribution in [0.3, 0.4) is 0 Å². The summed E-state index contributed by atoms with van der Waals surface area (Å²) < 4.78 is 72.6. The topological polar surface area (TPSA) is 30.5 Å². The van der Waals surface area contributed by atoms with Gasteiger partial charge in [0.15, 0.2) is 11.5 Å². The lowest BCUT2D eigenvalue weighted by molar-refractivity contribution is -0.157. The smallest absolute Gasteiger partial charge is 0.407 e. The molecule has 8 heteroatoms. The second-order valence-electron chi connectivity index (χ2n) is 4.22. The molecule has 0 heterocycles. The summed E-state index contributed by atoms with van der Waals surface area (Å²) in [5, 5.41) is 2.33. The van der Waals surface area contributed by atoms with Gasteiger partial charge in [0.05, 0.1) is 7.11 Å². The number of halogens is 5. The molecule has 1 N–H and O–H groups in total. The summed E-state index contributed by atoms with van der Waals surface area (Å²) in [5.41, 5.74) is -0.215. The van der Waals surface area contributed by atoms with Gasteiger partial charge in [-0.1, -0.05) is 13.0 Å². The molecule has 0 fully saturated rings. The minimum atomic E-state index is -4.55. The van der Waals surface area contributed by atoms with Crippen LogP contribution in [0.25, 0.3) is 0 Å². The Balaban J connectivity index is 3.13. The molecule has 0 aromatic heterocycles. The molecule has 0 aliphatic rings. The SMILES string of the molecule is CCCNC(c1ccc(OC)c(OC(F)F)c1)C(F)(F)F. The van der Waals surface area contributed by atoms with Gasteiger partial charge in [0, 0.05) is 0 Å². The maximum Gasteiger partial charge on any atom is 0.407 e. The molecule has 3 nitrogen and oxygen atoms in total. The number of rotatable bonds is 7. The first-order valence-electron chi connectivity index (χ1n) is 6.22. The van der Waals surface area contributed by atoms with Crippen LogP contribution in [-0.4, -0.2) is 26.4 Å². The molecular weight excluding hydrogens is 297 g/mol. The highest BCUT2D eigenvalue weighted by Gasteiger charge is 2.40. The zero-order chi connectivity index (χ0) is 16.0. The van der Waals surface area contributed by atoms with Gasteiger partial charge in [0.2, 0.25) is 0 Å². The number of hydrogen-bond donors (Lipinski definition) is 1. The van der Waals surface area contributed by atoms with Gasteiger partial charge >= 0.3 is 12.8 Å². The molecule has 0 spiro atoms. The van der Waals surface area contributed by atoms with Crippen molar-refractivity contribution in [2.24, 2.45) is 0 Å². The lowest BCUT2D eigenvalue weighted by Gasteiger charge is -2.23. The highest BCUT2D eigenvalue weighted by molar-refractivity contribution is 5.44. The standard InChI is InChI=1S/C13H16F5NO2/c1-3-6-19-11(13(16,17)18)8-4-5-9(20-2)10(7-8)21-12(14)15/h4-5,7,11-12,19H,3,6H2,1-2H3. The van der Waals surface area contributed by atoms with Crippen LogP contribution in [0, 0.1) is 0 Å². The Kier molecular flexibility index (Phi) is 6.19. The Morgan fingerprint density at radius 1 is 1.19 bits per heavy atom. The quantitative estimate of drug-likeness (QED) is 0.775. The number of methoxy groups -OCH3 is 1. The minimum absolute atomic E-state index is 0.0598. The van der Waals surface area contributed by atoms with Crippen molar-refractivity contribution >= 4 is 0 Å². The van der Waals surface area contributed by atoms with Crippen LogP contribution in [-0.2, 0) is 0 Å². The lowest BCUT2D eigenvalue weighted by atomic mass is 10.1. The maximum absolute atomic E-state index is 13.0. The van der Waals surface area contributed by atoms with E-state index in [9.17, 15) is 22.0 Å². The van der Waals surface area contributed by atoms with Crippen LogP contribution >= 0.6 is 0 Å². The minimum Gasteiger partial charge on any atom is -0.493 e. The van der Waals surface area contributed by atoms with Crippen LogP contribution in [0.5, 0.6) is 11.5 Å². The zero-order valence-corrected chi connectivity index (χ0v) is 11.5. The third-order valence-corrected chi connectivity index (χ3v) is 2.66. The van der Waals surface area contributed by atoms with Gasteiger partial charge in [-0.15, -0.1) is 0 Å². The van der Waals surface area contributed by atoms with Gasteiger partial charge in [0.25, 0.3) is 0 Å². The molecule has 120 valence electrons. The van der Waals surface area contributed by atoms with Gasteiger partial charge in [0.1, 0.15) is 6.04 Å². The number of nitrogens with one attached hydrogen (secondary N) is 1. The molecule has 1 unspecified atom stereocenters. The maximum atomic E-state index is 13.0. The van der Waals surface area contributed by atoms with E-state index < -0.39 is 24.6 Å². The van der Waals surface area contributed by atoms with Crippen LogP contribution in [0.2, 0.25) is 0 Å². The number of benzene rings is 1. The number of hydrogen-bond acceptors (Lipinski definition) is 3. The summed E-state index contributed by atoms with van der Waals surface area (Å²) in [6.07, 6.45) is -4.05. The predicted molar refractivity (Wildman–Crippen MR) is 66.7 cm³/mol. The van der Waals surface area contributed by atoms with E-state index >= 15 is 0 Å². The first kappa shape index (κ1) is 17.5. The van der Waals surface area contributed by atoms with Gasteiger partial charge < -0.3 is 14.8 Å². The van der Waals surface area contributed by atoms with Gasteiger partial charge in [-0.05, 0) is 30.7 Å². The molecule has 1 atom stereocenters. The Hall–Kier alpha value is -1.57. The summed E-state index contributed by atoms with van der Waals surface area (Å²) in [6.45, 7) is -1.29. The van der Waals surface area contributed by atoms with Crippen molar-refractivity contribution in [1.29, 1.82) is 0 Å². The molecule has 0 aliphatic carbocycles. The molecule has 1 rings (SSSR count). The molecule has 0 aliphatic heterocycles. The fourth-order valence-electron chi connectivity index (χ4n) is 1.77. The van der Waals surface area contributed by atoms with Crippen molar-refractivity contribution in [3.8, 4) is 11.5 Å². The number of alkyl halides is 5. The van der Waals surface area contributed by atoms with Gasteiger partial charge in [-0.3, -0.25) is 0 Å². The molecule has 0 saturated carbocycles. The van der Waals surface area contributed by atoms with E-state index in [-0.39, 0.29) is 17.9 Å². The van der Waals surface area contributed by atoms with Crippen molar-refractivity contribution in [3.63, 3.8) is 0 Å². The fraction of sp³-hybridized carbons (Fsp3) is 0.538. The van der Waals surface area contributed by atoms with Crippen molar-refractivity contribution in [2.75, 3.05) is 13.7 Å². The fourth-order valence-corrected chi connectivity index (χ4v) is 1.77. The molecule has 0 saturated heterocycles.